The highest BCUT2D eigenvalue weighted by Gasteiger charge is 2.23. The highest BCUT2D eigenvalue weighted by molar-refractivity contribution is 7.17. The van der Waals surface area contributed by atoms with E-state index in [1.54, 1.807) is 6.07 Å². The second kappa shape index (κ2) is 10.2. The molecule has 0 bridgehead atoms. The second-order valence-electron chi connectivity index (χ2n) is 7.96. The van der Waals surface area contributed by atoms with Crippen molar-refractivity contribution in [2.24, 2.45) is 5.92 Å². The van der Waals surface area contributed by atoms with E-state index in [0.717, 1.165) is 31.5 Å². The molecule has 2 amide bonds. The molecule has 1 aliphatic heterocycles. The predicted octanol–water partition coefficient (Wildman–Crippen LogP) is 4.72. The van der Waals surface area contributed by atoms with Gasteiger partial charge in [-0.15, -0.1) is 0 Å². The maximum Gasteiger partial charge on any atom is 0.267 e. The third kappa shape index (κ3) is 5.61. The van der Waals surface area contributed by atoms with Crippen molar-refractivity contribution in [2.75, 3.05) is 23.7 Å². The number of hydrogen-bond donors (Lipinski definition) is 2. The van der Waals surface area contributed by atoms with Gasteiger partial charge in [0.2, 0.25) is 5.91 Å². The van der Waals surface area contributed by atoms with Gasteiger partial charge in [0.05, 0.1) is 16.9 Å². The first-order valence-corrected chi connectivity index (χ1v) is 11.9. The number of hydrogen-bond acceptors (Lipinski definition) is 6. The van der Waals surface area contributed by atoms with E-state index in [1.807, 2.05) is 40.9 Å². The van der Waals surface area contributed by atoms with E-state index < -0.39 is 0 Å². The summed E-state index contributed by atoms with van der Waals surface area (Å²) in [4.78, 5) is 31.1. The lowest BCUT2D eigenvalue weighted by molar-refractivity contribution is -0.127. The number of thiazole rings is 1. The van der Waals surface area contributed by atoms with Crippen LogP contribution in [0.25, 0.3) is 0 Å². The number of piperidine rings is 1. The van der Waals surface area contributed by atoms with Gasteiger partial charge in [-0.2, -0.15) is 5.10 Å². The number of anilines is 3. The van der Waals surface area contributed by atoms with Crippen molar-refractivity contribution in [1.29, 1.82) is 0 Å². The van der Waals surface area contributed by atoms with Crippen molar-refractivity contribution < 1.29 is 9.59 Å². The summed E-state index contributed by atoms with van der Waals surface area (Å²) >= 11 is 7.44. The lowest BCUT2D eigenvalue weighted by Crippen LogP contribution is -2.40. The summed E-state index contributed by atoms with van der Waals surface area (Å²) in [6, 6.07) is 7.33. The molecule has 0 saturated carbocycles. The van der Waals surface area contributed by atoms with E-state index in [2.05, 4.69) is 27.3 Å². The third-order valence-corrected chi connectivity index (χ3v) is 6.74. The van der Waals surface area contributed by atoms with Crippen LogP contribution in [0.1, 0.15) is 28.1 Å². The van der Waals surface area contributed by atoms with Crippen molar-refractivity contribution in [3.05, 3.63) is 64.8 Å². The van der Waals surface area contributed by atoms with Crippen molar-refractivity contribution in [3.63, 3.8) is 0 Å². The number of carbonyl (C=O) groups excluding carboxylic acids is 2. The van der Waals surface area contributed by atoms with Crippen molar-refractivity contribution in [2.45, 2.75) is 26.3 Å². The molecule has 10 heteroatoms. The first-order valence-electron chi connectivity index (χ1n) is 10.7. The number of nitrogens with zero attached hydrogens (tertiary/aromatic N) is 4. The standard InChI is InChI=1S/C23H25ClN6O2S/c1-3-20(31)29-10-5-7-16(13-29)14-30-11-9-19(28-30)26-23-25-12-18(33-23)22(32)27-21-15(2)6-4-8-17(21)24/h3-4,6,8-9,11-12,16H,1,5,7,10,13-14H2,2H3,(H,27,32)(H,25,26,28). The Labute approximate surface area is 201 Å². The molecule has 0 radical (unpaired) electrons. The van der Waals surface area contributed by atoms with E-state index in [0.29, 0.717) is 39.0 Å². The second-order valence-corrected chi connectivity index (χ2v) is 9.40. The maximum atomic E-state index is 12.6. The smallest absolute Gasteiger partial charge is 0.267 e. The molecule has 1 aliphatic rings. The molecule has 2 aromatic heterocycles. The summed E-state index contributed by atoms with van der Waals surface area (Å²) in [6.07, 6.45) is 6.83. The monoisotopic (exact) mass is 484 g/mol. The van der Waals surface area contributed by atoms with Gasteiger partial charge in [-0.3, -0.25) is 14.3 Å². The number of carbonyl (C=O) groups is 2. The van der Waals surface area contributed by atoms with Crippen LogP contribution in [0.2, 0.25) is 5.02 Å². The number of aromatic nitrogens is 3. The number of benzene rings is 1. The summed E-state index contributed by atoms with van der Waals surface area (Å²) in [7, 11) is 0. The summed E-state index contributed by atoms with van der Waals surface area (Å²) in [5, 5.41) is 11.6. The minimum atomic E-state index is -0.266. The molecule has 1 fully saturated rings. The molecule has 1 unspecified atom stereocenters. The molecule has 2 N–H and O–H groups in total. The van der Waals surface area contributed by atoms with Crippen LogP contribution >= 0.6 is 22.9 Å². The number of halogens is 1. The minimum Gasteiger partial charge on any atom is -0.339 e. The lowest BCUT2D eigenvalue weighted by atomic mass is 9.98. The number of amides is 2. The average Bonchev–Trinajstić information content (AvgIpc) is 3.46. The Bertz CT molecular complexity index is 1150. The van der Waals surface area contributed by atoms with Crippen LogP contribution in [0, 0.1) is 12.8 Å². The first kappa shape index (κ1) is 23.0. The zero-order chi connectivity index (χ0) is 23.4. The van der Waals surface area contributed by atoms with Gasteiger partial charge in [0.1, 0.15) is 4.88 Å². The van der Waals surface area contributed by atoms with Crippen molar-refractivity contribution in [1.82, 2.24) is 19.7 Å². The lowest BCUT2D eigenvalue weighted by Gasteiger charge is -2.32. The fourth-order valence-corrected chi connectivity index (χ4v) is 4.84. The SMILES string of the molecule is C=CC(=O)N1CCCC(Cn2ccc(Nc3ncc(C(=O)Nc4c(C)cccc4Cl)s3)n2)C1. The fraction of sp³-hybridized carbons (Fsp3) is 0.304. The quantitative estimate of drug-likeness (QED) is 0.473. The zero-order valence-corrected chi connectivity index (χ0v) is 19.8. The molecule has 4 rings (SSSR count). The van der Waals surface area contributed by atoms with E-state index in [1.165, 1.54) is 23.6 Å². The van der Waals surface area contributed by atoms with Crippen LogP contribution < -0.4 is 10.6 Å². The first-order chi connectivity index (χ1) is 15.9. The van der Waals surface area contributed by atoms with Crippen LogP contribution in [0.5, 0.6) is 0 Å². The van der Waals surface area contributed by atoms with E-state index in [-0.39, 0.29) is 11.8 Å². The Hall–Kier alpha value is -3.17. The van der Waals surface area contributed by atoms with Gasteiger partial charge < -0.3 is 15.5 Å². The topological polar surface area (TPSA) is 92.2 Å². The summed E-state index contributed by atoms with van der Waals surface area (Å²) in [5.41, 5.74) is 1.49. The van der Waals surface area contributed by atoms with Gasteiger partial charge >= 0.3 is 0 Å². The van der Waals surface area contributed by atoms with E-state index >= 15 is 0 Å². The van der Waals surface area contributed by atoms with Crippen LogP contribution in [-0.4, -0.2) is 44.6 Å². The molecule has 0 aliphatic carbocycles. The fourth-order valence-electron chi connectivity index (χ4n) is 3.85. The van der Waals surface area contributed by atoms with Crippen LogP contribution in [0.15, 0.2) is 49.3 Å². The highest BCUT2D eigenvalue weighted by Crippen LogP contribution is 2.28. The summed E-state index contributed by atoms with van der Waals surface area (Å²) in [6.45, 7) is 7.68. The zero-order valence-electron chi connectivity index (χ0n) is 18.3. The Morgan fingerprint density at radius 1 is 1.36 bits per heavy atom. The Kier molecular flexibility index (Phi) is 7.10. The largest absolute Gasteiger partial charge is 0.339 e. The molecule has 1 saturated heterocycles. The average molecular weight is 485 g/mol. The molecule has 1 aromatic carbocycles. The number of para-hydroxylation sites is 1. The van der Waals surface area contributed by atoms with Gasteiger partial charge in [-0.05, 0) is 43.4 Å². The Morgan fingerprint density at radius 3 is 3.00 bits per heavy atom. The minimum absolute atomic E-state index is 0.0178. The molecule has 3 aromatic rings. The van der Waals surface area contributed by atoms with Gasteiger partial charge in [-0.25, -0.2) is 4.98 Å². The Balaban J connectivity index is 1.35. The van der Waals surface area contributed by atoms with Crippen molar-refractivity contribution >= 4 is 51.4 Å². The van der Waals surface area contributed by atoms with Crippen LogP contribution in [0.4, 0.5) is 16.6 Å². The number of likely N-dealkylation sites (tertiary alicyclic amines) is 1. The third-order valence-electron chi connectivity index (χ3n) is 5.52. The Morgan fingerprint density at radius 2 is 2.21 bits per heavy atom. The van der Waals surface area contributed by atoms with Gasteiger partial charge in [0.15, 0.2) is 10.9 Å². The molecular weight excluding hydrogens is 460 g/mol. The summed E-state index contributed by atoms with van der Waals surface area (Å²) < 4.78 is 1.87. The van der Waals surface area contributed by atoms with Gasteiger partial charge in [-0.1, -0.05) is 41.6 Å². The molecule has 1 atom stereocenters. The van der Waals surface area contributed by atoms with Crippen molar-refractivity contribution in [3.8, 4) is 0 Å². The highest BCUT2D eigenvalue weighted by atomic mass is 35.5. The molecule has 0 spiro atoms. The predicted molar refractivity (Wildman–Crippen MR) is 131 cm³/mol. The summed E-state index contributed by atoms with van der Waals surface area (Å²) in [5.74, 6) is 0.709. The molecule has 33 heavy (non-hydrogen) atoms. The van der Waals surface area contributed by atoms with Gasteiger partial charge in [0, 0.05) is 31.9 Å². The number of aryl methyl sites for hydroxylation is 1. The van der Waals surface area contributed by atoms with Crippen LogP contribution in [-0.2, 0) is 11.3 Å². The normalized spacial score (nSPS) is 15.8. The molecule has 172 valence electrons. The van der Waals surface area contributed by atoms with Crippen LogP contribution in [0.3, 0.4) is 0 Å². The number of nitrogens with one attached hydrogen (secondary N) is 2. The maximum absolute atomic E-state index is 12.6. The van der Waals surface area contributed by atoms with Gasteiger partial charge in [0.25, 0.3) is 5.91 Å². The molecule has 8 nitrogen and oxygen atoms in total. The molecule has 3 heterocycles. The van der Waals surface area contributed by atoms with E-state index in [4.69, 9.17) is 11.6 Å². The molecular formula is C23H25ClN6O2S. The number of rotatable bonds is 7. The van der Waals surface area contributed by atoms with E-state index in [9.17, 15) is 9.59 Å².